The van der Waals surface area contributed by atoms with E-state index in [0.29, 0.717) is 6.54 Å². The number of nitrogens with zero attached hydrogens (tertiary/aromatic N) is 1. The van der Waals surface area contributed by atoms with Gasteiger partial charge in [0.05, 0.1) is 12.6 Å². The van der Waals surface area contributed by atoms with Gasteiger partial charge >= 0.3 is 12.6 Å². The van der Waals surface area contributed by atoms with Gasteiger partial charge in [-0.25, -0.2) is 4.79 Å². The van der Waals surface area contributed by atoms with E-state index < -0.39 is 24.6 Å². The Morgan fingerprint density at radius 3 is 2.54 bits per heavy atom. The van der Waals surface area contributed by atoms with Crippen molar-refractivity contribution in [2.45, 2.75) is 33.0 Å². The van der Waals surface area contributed by atoms with Crippen LogP contribution in [0.5, 0.6) is 11.5 Å². The number of ether oxygens (including phenoxy) is 2. The molecule has 24 heavy (non-hydrogen) atoms. The number of nitrogens with two attached hydrogens (primary N) is 1. The number of hydrogen-bond donors (Lipinski definition) is 2. The predicted molar refractivity (Wildman–Crippen MR) is 82.9 cm³/mol. The van der Waals surface area contributed by atoms with Gasteiger partial charge in [0.1, 0.15) is 0 Å². The number of amides is 3. The number of imide groups is 1. The Hall–Kier alpha value is -2.42. The third kappa shape index (κ3) is 5.99. The molecule has 1 aromatic rings. The topological polar surface area (TPSA) is 93.9 Å². The highest BCUT2D eigenvalue weighted by Crippen LogP contribution is 2.30. The number of primary amides is 1. The second-order valence-electron chi connectivity index (χ2n) is 5.04. The van der Waals surface area contributed by atoms with Crippen LogP contribution in [-0.4, -0.2) is 43.1 Å². The Morgan fingerprint density at radius 1 is 1.33 bits per heavy atom. The van der Waals surface area contributed by atoms with Crippen LogP contribution in [0.4, 0.5) is 13.6 Å². The first kappa shape index (κ1) is 19.6. The van der Waals surface area contributed by atoms with Gasteiger partial charge in [0.2, 0.25) is 5.91 Å². The Kier molecular flexibility index (Phi) is 7.37. The van der Waals surface area contributed by atoms with Gasteiger partial charge < -0.3 is 15.2 Å². The summed E-state index contributed by atoms with van der Waals surface area (Å²) in [6.07, 6.45) is 0. The quantitative estimate of drug-likeness (QED) is 0.748. The predicted octanol–water partition coefficient (Wildman–Crippen LogP) is 1.70. The highest BCUT2D eigenvalue weighted by Gasteiger charge is 2.20. The fraction of sp³-hybridized carbons (Fsp3) is 0.467. The largest absolute Gasteiger partial charge is 0.490 e. The molecule has 0 aliphatic carbocycles. The third-order valence-corrected chi connectivity index (χ3v) is 3.24. The Bertz CT molecular complexity index is 584. The van der Waals surface area contributed by atoms with Crippen LogP contribution in [0.3, 0.4) is 0 Å². The number of rotatable bonds is 8. The highest BCUT2D eigenvalue weighted by molar-refractivity contribution is 5.96. The van der Waals surface area contributed by atoms with Gasteiger partial charge in [-0.05, 0) is 38.6 Å². The zero-order valence-corrected chi connectivity index (χ0v) is 13.7. The SMILES string of the molecule is CCOc1cc(CN(C)C(C)C(=O)NC(N)=O)ccc1OC(F)F. The first-order chi connectivity index (χ1) is 11.2. The molecule has 0 spiro atoms. The molecule has 1 rings (SSSR count). The van der Waals surface area contributed by atoms with Gasteiger partial charge in [-0.15, -0.1) is 0 Å². The van der Waals surface area contributed by atoms with Crippen LogP contribution in [0.15, 0.2) is 18.2 Å². The Balaban J connectivity index is 2.84. The number of likely N-dealkylation sites (N-methyl/N-ethyl adjacent to an activating group) is 1. The molecule has 9 heteroatoms. The van der Waals surface area contributed by atoms with Crippen molar-refractivity contribution in [1.82, 2.24) is 10.2 Å². The van der Waals surface area contributed by atoms with Crippen molar-refractivity contribution in [1.29, 1.82) is 0 Å². The molecule has 134 valence electrons. The Labute approximate surface area is 138 Å². The van der Waals surface area contributed by atoms with Gasteiger partial charge in [0.15, 0.2) is 11.5 Å². The number of benzene rings is 1. The zero-order chi connectivity index (χ0) is 18.3. The molecule has 0 saturated heterocycles. The van der Waals surface area contributed by atoms with Crippen LogP contribution in [0, 0.1) is 0 Å². The molecule has 0 fully saturated rings. The number of carbonyl (C=O) groups is 2. The van der Waals surface area contributed by atoms with Crippen molar-refractivity contribution in [3.63, 3.8) is 0 Å². The van der Waals surface area contributed by atoms with Crippen LogP contribution >= 0.6 is 0 Å². The van der Waals surface area contributed by atoms with E-state index in [1.165, 1.54) is 6.07 Å². The van der Waals surface area contributed by atoms with Crippen molar-refractivity contribution < 1.29 is 27.8 Å². The van der Waals surface area contributed by atoms with Crippen LogP contribution in [0.25, 0.3) is 0 Å². The van der Waals surface area contributed by atoms with Gasteiger partial charge in [0.25, 0.3) is 0 Å². The minimum Gasteiger partial charge on any atom is -0.490 e. The summed E-state index contributed by atoms with van der Waals surface area (Å²) in [5.41, 5.74) is 5.64. The number of carbonyl (C=O) groups excluding carboxylic acids is 2. The minimum atomic E-state index is -2.95. The lowest BCUT2D eigenvalue weighted by molar-refractivity contribution is -0.124. The molecule has 0 heterocycles. The molecule has 0 radical (unpaired) electrons. The second kappa shape index (κ2) is 9.02. The number of alkyl halides is 2. The van der Waals surface area contributed by atoms with E-state index in [1.807, 2.05) is 5.32 Å². The lowest BCUT2D eigenvalue weighted by atomic mass is 10.1. The van der Waals surface area contributed by atoms with E-state index in [2.05, 4.69) is 4.74 Å². The molecule has 1 aromatic carbocycles. The fourth-order valence-corrected chi connectivity index (χ4v) is 1.96. The fourth-order valence-electron chi connectivity index (χ4n) is 1.96. The van der Waals surface area contributed by atoms with E-state index in [9.17, 15) is 18.4 Å². The van der Waals surface area contributed by atoms with Crippen LogP contribution in [0.1, 0.15) is 19.4 Å². The van der Waals surface area contributed by atoms with Crippen LogP contribution in [-0.2, 0) is 11.3 Å². The minimum absolute atomic E-state index is 0.0576. The first-order valence-electron chi connectivity index (χ1n) is 7.25. The average Bonchev–Trinajstić information content (AvgIpc) is 2.48. The van der Waals surface area contributed by atoms with Crippen molar-refractivity contribution >= 4 is 11.9 Å². The molecule has 0 aromatic heterocycles. The van der Waals surface area contributed by atoms with Gasteiger partial charge in [-0.1, -0.05) is 6.07 Å². The second-order valence-corrected chi connectivity index (χ2v) is 5.04. The van der Waals surface area contributed by atoms with Crippen LogP contribution < -0.4 is 20.5 Å². The molecular formula is C15H21F2N3O4. The maximum absolute atomic E-state index is 12.4. The van der Waals surface area contributed by atoms with Gasteiger partial charge in [-0.2, -0.15) is 8.78 Å². The lowest BCUT2D eigenvalue weighted by Gasteiger charge is -2.23. The summed E-state index contributed by atoms with van der Waals surface area (Å²) in [5.74, 6) is -0.400. The molecule has 7 nitrogen and oxygen atoms in total. The van der Waals surface area contributed by atoms with E-state index in [1.54, 1.807) is 37.9 Å². The molecule has 0 saturated carbocycles. The summed E-state index contributed by atoms with van der Waals surface area (Å²) in [6.45, 7) is 0.992. The molecule has 3 amide bonds. The summed E-state index contributed by atoms with van der Waals surface area (Å²) in [5, 5.41) is 2.00. The zero-order valence-electron chi connectivity index (χ0n) is 13.7. The summed E-state index contributed by atoms with van der Waals surface area (Å²) in [7, 11) is 1.68. The van der Waals surface area contributed by atoms with E-state index in [4.69, 9.17) is 10.5 Å². The average molecular weight is 345 g/mol. The normalized spacial score (nSPS) is 12.1. The molecule has 0 aliphatic rings. The number of nitrogens with one attached hydrogen (secondary N) is 1. The molecule has 0 bridgehead atoms. The first-order valence-corrected chi connectivity index (χ1v) is 7.25. The molecule has 1 unspecified atom stereocenters. The molecular weight excluding hydrogens is 324 g/mol. The van der Waals surface area contributed by atoms with Crippen molar-refractivity contribution in [2.24, 2.45) is 5.73 Å². The van der Waals surface area contributed by atoms with Gasteiger partial charge in [0, 0.05) is 6.54 Å². The van der Waals surface area contributed by atoms with Crippen molar-refractivity contribution in [2.75, 3.05) is 13.7 Å². The maximum Gasteiger partial charge on any atom is 0.387 e. The maximum atomic E-state index is 12.4. The van der Waals surface area contributed by atoms with Gasteiger partial charge in [-0.3, -0.25) is 15.0 Å². The third-order valence-electron chi connectivity index (χ3n) is 3.24. The molecule has 3 N–H and O–H groups in total. The summed E-state index contributed by atoms with van der Waals surface area (Å²) in [4.78, 5) is 24.1. The van der Waals surface area contributed by atoms with Crippen LogP contribution in [0.2, 0.25) is 0 Å². The van der Waals surface area contributed by atoms with E-state index >= 15 is 0 Å². The standard InChI is InChI=1S/C15H21F2N3O4/c1-4-23-12-7-10(5-6-11(12)24-14(16)17)8-20(3)9(2)13(21)19-15(18)22/h5-7,9,14H,4,8H2,1-3H3,(H3,18,19,21,22). The summed E-state index contributed by atoms with van der Waals surface area (Å²) >= 11 is 0. The van der Waals surface area contributed by atoms with Crippen molar-refractivity contribution in [3.8, 4) is 11.5 Å². The number of hydrogen-bond acceptors (Lipinski definition) is 5. The summed E-state index contributed by atoms with van der Waals surface area (Å²) < 4.78 is 34.5. The van der Waals surface area contributed by atoms with E-state index in [-0.39, 0.29) is 18.1 Å². The van der Waals surface area contributed by atoms with E-state index in [0.717, 1.165) is 5.56 Å². The highest BCUT2D eigenvalue weighted by atomic mass is 19.3. The smallest absolute Gasteiger partial charge is 0.387 e. The van der Waals surface area contributed by atoms with Crippen molar-refractivity contribution in [3.05, 3.63) is 23.8 Å². The lowest BCUT2D eigenvalue weighted by Crippen LogP contribution is -2.46. The molecule has 0 aliphatic heterocycles. The number of urea groups is 1. The monoisotopic (exact) mass is 345 g/mol. The Morgan fingerprint density at radius 2 is 2.00 bits per heavy atom. The summed E-state index contributed by atoms with van der Waals surface area (Å²) in [6, 6.07) is 3.00. The molecule has 1 atom stereocenters. The number of halogens is 2.